The molecule has 3 aromatic heterocycles. The quantitative estimate of drug-likeness (QED) is 0.171. The molecule has 3 amide bonds. The molecule has 4 aliphatic rings. The number of carbonyl (C=O) groups excluding carboxylic acids is 2. The number of aromatic amines is 1. The first-order chi connectivity index (χ1) is 29.9. The fraction of sp³-hybridized carbons (Fsp3) is 0.404. The number of urea groups is 1. The highest BCUT2D eigenvalue weighted by atomic mass is 19.1. The Morgan fingerprint density at radius 1 is 0.952 bits per heavy atom. The lowest BCUT2D eigenvalue weighted by atomic mass is 9.91. The predicted molar refractivity (Wildman–Crippen MR) is 229 cm³/mol. The van der Waals surface area contributed by atoms with Crippen LogP contribution in [0.3, 0.4) is 0 Å². The second-order valence-electron chi connectivity index (χ2n) is 17.5. The van der Waals surface area contributed by atoms with Crippen LogP contribution in [0.4, 0.5) is 15.1 Å². The number of halogens is 1. The molecule has 3 aliphatic heterocycles. The number of ether oxygens (including phenoxy) is 1. The van der Waals surface area contributed by atoms with Gasteiger partial charge in [0.05, 0.1) is 23.5 Å². The summed E-state index contributed by atoms with van der Waals surface area (Å²) in [7, 11) is 0. The van der Waals surface area contributed by atoms with Crippen molar-refractivity contribution in [3.63, 3.8) is 0 Å². The number of amides is 3. The van der Waals surface area contributed by atoms with Crippen LogP contribution in [0, 0.1) is 25.6 Å². The van der Waals surface area contributed by atoms with Crippen LogP contribution in [0.1, 0.15) is 108 Å². The van der Waals surface area contributed by atoms with Gasteiger partial charge in [0.1, 0.15) is 17.1 Å². The molecule has 0 spiro atoms. The third-order valence-corrected chi connectivity index (χ3v) is 13.9. The smallest absolute Gasteiger partial charge is 0.381 e. The van der Waals surface area contributed by atoms with E-state index in [4.69, 9.17) is 14.2 Å². The molecule has 1 N–H and O–H groups in total. The van der Waals surface area contributed by atoms with E-state index in [1.165, 1.54) is 15.0 Å². The number of nitrogens with zero attached hydrogens (tertiary/aromatic N) is 7. The topological polar surface area (TPSA) is 152 Å². The summed E-state index contributed by atoms with van der Waals surface area (Å²) >= 11 is 0. The zero-order chi connectivity index (χ0) is 43.2. The van der Waals surface area contributed by atoms with Crippen LogP contribution in [-0.4, -0.2) is 78.8 Å². The molecule has 3 fully saturated rings. The summed E-state index contributed by atoms with van der Waals surface area (Å²) in [6.07, 6.45) is 2.65. The number of aryl methyl sites for hydroxylation is 2. The highest BCUT2D eigenvalue weighted by Gasteiger charge is 2.59. The van der Waals surface area contributed by atoms with E-state index in [9.17, 15) is 14.4 Å². The zero-order valence-electron chi connectivity index (χ0n) is 35.5. The van der Waals surface area contributed by atoms with Crippen LogP contribution in [0.5, 0.6) is 0 Å². The average molecular weight is 841 g/mol. The third kappa shape index (κ3) is 6.22. The minimum absolute atomic E-state index is 0.0173. The third-order valence-electron chi connectivity index (χ3n) is 13.9. The van der Waals surface area contributed by atoms with Crippen LogP contribution >= 0.6 is 0 Å². The Morgan fingerprint density at radius 3 is 2.35 bits per heavy atom. The molecule has 15 heteroatoms. The number of benzene rings is 3. The van der Waals surface area contributed by atoms with Crippen molar-refractivity contribution in [3.8, 4) is 5.69 Å². The minimum atomic E-state index is -0.834. The molecule has 10 rings (SSSR count). The fourth-order valence-corrected chi connectivity index (χ4v) is 10.3. The van der Waals surface area contributed by atoms with Gasteiger partial charge in [0.15, 0.2) is 5.82 Å². The molecule has 4 atom stereocenters. The van der Waals surface area contributed by atoms with Gasteiger partial charge < -0.3 is 19.1 Å². The molecular weight excluding hydrogens is 792 g/mol. The number of H-pyrrole nitrogens is 1. The zero-order valence-corrected chi connectivity index (χ0v) is 35.5. The first-order valence-corrected chi connectivity index (χ1v) is 21.5. The highest BCUT2D eigenvalue weighted by molar-refractivity contribution is 6.00. The van der Waals surface area contributed by atoms with Gasteiger partial charge in [-0.1, -0.05) is 48.5 Å². The number of fused-ring (bicyclic) bond motifs is 2. The molecule has 1 saturated carbocycles. The summed E-state index contributed by atoms with van der Waals surface area (Å²) < 4.78 is 29.1. The molecular formula is C47H49FN8O6. The largest absolute Gasteiger partial charge is 0.438 e. The molecule has 6 aromatic rings. The van der Waals surface area contributed by atoms with Crippen molar-refractivity contribution in [3.05, 3.63) is 138 Å². The van der Waals surface area contributed by atoms with Gasteiger partial charge in [-0.3, -0.25) is 24.0 Å². The maximum absolute atomic E-state index is 15.3. The molecule has 320 valence electrons. The summed E-state index contributed by atoms with van der Waals surface area (Å²) in [6, 6.07) is 20.0. The summed E-state index contributed by atoms with van der Waals surface area (Å²) in [6.45, 7) is 11.5. The van der Waals surface area contributed by atoms with Crippen molar-refractivity contribution in [2.75, 3.05) is 37.7 Å². The lowest BCUT2D eigenvalue weighted by Gasteiger charge is -2.36. The van der Waals surface area contributed by atoms with Gasteiger partial charge in [0.2, 0.25) is 5.95 Å². The van der Waals surface area contributed by atoms with Gasteiger partial charge in [0, 0.05) is 49.3 Å². The molecule has 14 nitrogen and oxygen atoms in total. The molecule has 1 aliphatic carbocycles. The van der Waals surface area contributed by atoms with Crippen LogP contribution < -0.4 is 16.2 Å². The van der Waals surface area contributed by atoms with Crippen molar-refractivity contribution < 1.29 is 23.2 Å². The summed E-state index contributed by atoms with van der Waals surface area (Å²) in [5, 5.41) is 5.04. The normalized spacial score (nSPS) is 22.1. The Kier molecular flexibility index (Phi) is 9.57. The monoisotopic (exact) mass is 840 g/mol. The van der Waals surface area contributed by atoms with Gasteiger partial charge in [-0.15, -0.1) is 0 Å². The lowest BCUT2D eigenvalue weighted by molar-refractivity contribution is 0.0658. The van der Waals surface area contributed by atoms with Gasteiger partial charge in [-0.05, 0) is 118 Å². The number of carbonyl (C=O) groups is 2. The van der Waals surface area contributed by atoms with E-state index in [1.54, 1.807) is 35.8 Å². The maximum atomic E-state index is 15.3. The standard InChI is InChI=1S/C47H49FN8O6/c1-26-21-35(22-27(2)39(26)48)55-41(57)36-13-16-52(30(5)40(36)49-44(55)54-18-17-53(46(54)60)29(4)31-9-7-6-8-10-31)42(58)38-24-34-23-33(32-14-19-61-20-15-32)11-12-37(34)56(38)47(25-28(47)3)43-50-45(59)62-51-43/h6-12,21-24,28-30,32H,13-20,25H2,1-5H3,(H,50,51,59). The number of hydrogen-bond acceptors (Lipinski definition) is 8. The highest BCUT2D eigenvalue weighted by Crippen LogP contribution is 2.56. The van der Waals surface area contributed by atoms with Crippen molar-refractivity contribution >= 4 is 28.8 Å². The Balaban J connectivity index is 1.08. The van der Waals surface area contributed by atoms with E-state index in [2.05, 4.69) is 35.3 Å². The summed E-state index contributed by atoms with van der Waals surface area (Å²) in [5.41, 5.74) is 4.16. The van der Waals surface area contributed by atoms with Crippen LogP contribution in [0.25, 0.3) is 16.6 Å². The summed E-state index contributed by atoms with van der Waals surface area (Å²) in [5.74, 6) is -0.486. The first kappa shape index (κ1) is 39.8. The SMILES string of the molecule is Cc1cc(-n2c(N3CCN(C(C)c4ccccc4)C3=O)nc3c(c2=O)CCN(C(=O)c2cc4cc(C5CCOCC5)ccc4n2C2(c4noc(=O)[nH]4)CC2C)C3C)cc(C)c1F. The van der Waals surface area contributed by atoms with Crippen molar-refractivity contribution in [2.24, 2.45) is 5.92 Å². The number of anilines is 1. The second-order valence-corrected chi connectivity index (χ2v) is 17.5. The lowest BCUT2D eigenvalue weighted by Crippen LogP contribution is -2.45. The van der Waals surface area contributed by atoms with Gasteiger partial charge in [0.25, 0.3) is 11.5 Å². The van der Waals surface area contributed by atoms with Crippen LogP contribution in [-0.2, 0) is 16.7 Å². The Bertz CT molecular complexity index is 2870. The maximum Gasteiger partial charge on any atom is 0.438 e. The molecule has 0 radical (unpaired) electrons. The first-order valence-electron chi connectivity index (χ1n) is 21.5. The Labute approximate surface area is 356 Å². The number of hydrogen-bond donors (Lipinski definition) is 1. The van der Waals surface area contributed by atoms with Crippen LogP contribution in [0.2, 0.25) is 0 Å². The average Bonchev–Trinajstić information content (AvgIpc) is 3.60. The van der Waals surface area contributed by atoms with E-state index in [-0.39, 0.29) is 60.7 Å². The molecule has 6 heterocycles. The molecule has 2 saturated heterocycles. The Hall–Kier alpha value is -6.35. The van der Waals surface area contributed by atoms with E-state index in [0.29, 0.717) is 71.7 Å². The van der Waals surface area contributed by atoms with Crippen molar-refractivity contribution in [1.82, 2.24) is 34.1 Å². The van der Waals surface area contributed by atoms with E-state index >= 15 is 9.18 Å². The van der Waals surface area contributed by atoms with E-state index < -0.39 is 17.3 Å². The minimum Gasteiger partial charge on any atom is -0.381 e. The molecule has 3 aromatic carbocycles. The summed E-state index contributed by atoms with van der Waals surface area (Å²) in [4.78, 5) is 70.0. The molecule has 62 heavy (non-hydrogen) atoms. The molecule has 0 bridgehead atoms. The van der Waals surface area contributed by atoms with E-state index in [0.717, 1.165) is 29.3 Å². The van der Waals surface area contributed by atoms with Gasteiger partial charge >= 0.3 is 11.8 Å². The second kappa shape index (κ2) is 14.9. The number of rotatable bonds is 8. The predicted octanol–water partition coefficient (Wildman–Crippen LogP) is 7.06. The van der Waals surface area contributed by atoms with Gasteiger partial charge in [-0.25, -0.2) is 23.5 Å². The van der Waals surface area contributed by atoms with Crippen molar-refractivity contribution in [1.29, 1.82) is 0 Å². The van der Waals surface area contributed by atoms with Gasteiger partial charge in [-0.2, -0.15) is 0 Å². The van der Waals surface area contributed by atoms with E-state index in [1.807, 2.05) is 54.8 Å². The number of nitrogens with one attached hydrogen (secondary N) is 1. The molecule has 4 unspecified atom stereocenters. The number of aromatic nitrogens is 5. The fourth-order valence-electron chi connectivity index (χ4n) is 10.3. The Morgan fingerprint density at radius 2 is 1.68 bits per heavy atom. The van der Waals surface area contributed by atoms with Crippen molar-refractivity contribution in [2.45, 2.75) is 83.8 Å². The van der Waals surface area contributed by atoms with Crippen LogP contribution in [0.15, 0.2) is 80.8 Å².